The Kier molecular flexibility index (Phi) is 5.08. The molecule has 0 aliphatic carbocycles. The molecular formula is C18H17BrFNO2. The first-order valence-corrected chi connectivity index (χ1v) is 8.30. The number of halogens is 2. The quantitative estimate of drug-likeness (QED) is 0.815. The van der Waals surface area contributed by atoms with Gasteiger partial charge in [-0.05, 0) is 35.4 Å². The van der Waals surface area contributed by atoms with E-state index in [1.165, 1.54) is 12.1 Å². The molecule has 1 aliphatic rings. The molecule has 1 fully saturated rings. The zero-order chi connectivity index (χ0) is 16.2. The molecule has 2 aromatic rings. The van der Waals surface area contributed by atoms with Crippen LogP contribution in [0.4, 0.5) is 4.39 Å². The molecule has 2 aromatic carbocycles. The van der Waals surface area contributed by atoms with Gasteiger partial charge in [0.2, 0.25) is 5.91 Å². The Labute approximate surface area is 143 Å². The summed E-state index contributed by atoms with van der Waals surface area (Å²) in [6.45, 7) is 1.59. The molecule has 1 atom stereocenters. The van der Waals surface area contributed by atoms with Gasteiger partial charge in [-0.25, -0.2) is 4.39 Å². The zero-order valence-electron chi connectivity index (χ0n) is 12.5. The minimum absolute atomic E-state index is 0.0859. The summed E-state index contributed by atoms with van der Waals surface area (Å²) in [4.78, 5) is 14.3. The van der Waals surface area contributed by atoms with E-state index in [2.05, 4.69) is 15.9 Å². The summed E-state index contributed by atoms with van der Waals surface area (Å²) in [6.07, 6.45) is 0.182. The molecule has 5 heteroatoms. The summed E-state index contributed by atoms with van der Waals surface area (Å²) < 4.78 is 19.7. The summed E-state index contributed by atoms with van der Waals surface area (Å²) in [6, 6.07) is 14.0. The highest BCUT2D eigenvalue weighted by atomic mass is 79.9. The highest BCUT2D eigenvalue weighted by Gasteiger charge is 2.25. The molecule has 1 aliphatic heterocycles. The van der Waals surface area contributed by atoms with Crippen LogP contribution in [0.15, 0.2) is 53.0 Å². The molecule has 3 rings (SSSR count). The van der Waals surface area contributed by atoms with Crippen molar-refractivity contribution in [3.8, 4) is 0 Å². The van der Waals surface area contributed by atoms with Crippen molar-refractivity contribution in [1.82, 2.24) is 4.90 Å². The zero-order valence-corrected chi connectivity index (χ0v) is 14.1. The van der Waals surface area contributed by atoms with Crippen LogP contribution in [0, 0.1) is 5.82 Å². The van der Waals surface area contributed by atoms with Crippen LogP contribution >= 0.6 is 15.9 Å². The van der Waals surface area contributed by atoms with Crippen LogP contribution in [0.5, 0.6) is 0 Å². The average molecular weight is 378 g/mol. The molecule has 1 amide bonds. The Hall–Kier alpha value is -1.72. The van der Waals surface area contributed by atoms with Gasteiger partial charge in [-0.3, -0.25) is 4.79 Å². The minimum Gasteiger partial charge on any atom is -0.370 e. The number of rotatable bonds is 3. The number of carbonyl (C=O) groups is 1. The molecule has 0 bridgehead atoms. The van der Waals surface area contributed by atoms with E-state index < -0.39 is 0 Å². The maximum absolute atomic E-state index is 13.0. The maximum Gasteiger partial charge on any atom is 0.227 e. The van der Waals surface area contributed by atoms with Gasteiger partial charge in [0.25, 0.3) is 0 Å². The van der Waals surface area contributed by atoms with Crippen molar-refractivity contribution >= 4 is 21.8 Å². The third-order valence-corrected chi connectivity index (χ3v) is 4.46. The molecule has 0 N–H and O–H groups in total. The molecule has 120 valence electrons. The lowest BCUT2D eigenvalue weighted by Crippen LogP contribution is -2.42. The fraction of sp³-hybridized carbons (Fsp3) is 0.278. The topological polar surface area (TPSA) is 29.5 Å². The Morgan fingerprint density at radius 3 is 2.57 bits per heavy atom. The monoisotopic (exact) mass is 377 g/mol. The number of hydrogen-bond acceptors (Lipinski definition) is 2. The Balaban J connectivity index is 1.64. The number of amides is 1. The molecule has 1 heterocycles. The number of nitrogens with zero attached hydrogens (tertiary/aromatic N) is 1. The van der Waals surface area contributed by atoms with Crippen molar-refractivity contribution < 1.29 is 13.9 Å². The minimum atomic E-state index is -0.271. The van der Waals surface area contributed by atoms with Crippen LogP contribution < -0.4 is 0 Å². The van der Waals surface area contributed by atoms with Gasteiger partial charge in [0, 0.05) is 11.0 Å². The second-order valence-electron chi connectivity index (χ2n) is 5.55. The smallest absolute Gasteiger partial charge is 0.227 e. The maximum atomic E-state index is 13.0. The molecule has 0 radical (unpaired) electrons. The Morgan fingerprint density at radius 1 is 1.17 bits per heavy atom. The van der Waals surface area contributed by atoms with Gasteiger partial charge in [-0.15, -0.1) is 0 Å². The third kappa shape index (κ3) is 4.18. The van der Waals surface area contributed by atoms with Crippen LogP contribution in [0.1, 0.15) is 17.2 Å². The molecule has 0 spiro atoms. The summed E-state index contributed by atoms with van der Waals surface area (Å²) >= 11 is 3.39. The summed E-state index contributed by atoms with van der Waals surface area (Å²) in [5.41, 5.74) is 1.88. The highest BCUT2D eigenvalue weighted by molar-refractivity contribution is 9.10. The van der Waals surface area contributed by atoms with Crippen LogP contribution in [0.25, 0.3) is 0 Å². The van der Waals surface area contributed by atoms with E-state index in [0.29, 0.717) is 26.1 Å². The number of hydrogen-bond donors (Lipinski definition) is 0. The van der Waals surface area contributed by atoms with Crippen molar-refractivity contribution in [3.05, 3.63) is 69.9 Å². The number of carbonyl (C=O) groups excluding carboxylic acids is 1. The van der Waals surface area contributed by atoms with E-state index in [1.807, 2.05) is 29.2 Å². The van der Waals surface area contributed by atoms with Crippen LogP contribution in [-0.2, 0) is 16.0 Å². The highest BCUT2D eigenvalue weighted by Crippen LogP contribution is 2.23. The van der Waals surface area contributed by atoms with Gasteiger partial charge in [0.15, 0.2) is 0 Å². The van der Waals surface area contributed by atoms with Gasteiger partial charge < -0.3 is 9.64 Å². The average Bonchev–Trinajstić information content (AvgIpc) is 2.58. The van der Waals surface area contributed by atoms with Crippen LogP contribution in [0.2, 0.25) is 0 Å². The molecule has 1 saturated heterocycles. The summed E-state index contributed by atoms with van der Waals surface area (Å²) in [5.74, 6) is -0.185. The number of benzene rings is 2. The molecule has 0 saturated carbocycles. The lowest BCUT2D eigenvalue weighted by atomic mass is 10.1. The predicted molar refractivity (Wildman–Crippen MR) is 89.5 cm³/mol. The van der Waals surface area contributed by atoms with E-state index in [-0.39, 0.29) is 17.8 Å². The van der Waals surface area contributed by atoms with Gasteiger partial charge >= 0.3 is 0 Å². The molecular weight excluding hydrogens is 361 g/mol. The SMILES string of the molecule is O=C(Cc1ccc(Br)cc1)N1CCOC(c2ccc(F)cc2)C1. The first-order chi connectivity index (χ1) is 11.1. The van der Waals surface area contributed by atoms with Crippen LogP contribution in [-0.4, -0.2) is 30.5 Å². The Morgan fingerprint density at radius 2 is 1.87 bits per heavy atom. The summed E-state index contributed by atoms with van der Waals surface area (Å²) in [7, 11) is 0. The van der Waals surface area contributed by atoms with E-state index >= 15 is 0 Å². The Bertz CT molecular complexity index is 672. The van der Waals surface area contributed by atoms with Crippen LogP contribution in [0.3, 0.4) is 0 Å². The molecule has 23 heavy (non-hydrogen) atoms. The van der Waals surface area contributed by atoms with Gasteiger partial charge in [-0.2, -0.15) is 0 Å². The molecule has 1 unspecified atom stereocenters. The fourth-order valence-corrected chi connectivity index (χ4v) is 2.91. The van der Waals surface area contributed by atoms with E-state index in [4.69, 9.17) is 4.74 Å². The molecule has 3 nitrogen and oxygen atoms in total. The second kappa shape index (κ2) is 7.23. The van der Waals surface area contributed by atoms with Crippen molar-refractivity contribution in [1.29, 1.82) is 0 Å². The standard InChI is InChI=1S/C18H17BrFNO2/c19-15-5-1-13(2-6-15)11-18(22)21-9-10-23-17(12-21)14-3-7-16(20)8-4-14/h1-8,17H,9-12H2. The van der Waals surface area contributed by atoms with Crippen molar-refractivity contribution in [2.24, 2.45) is 0 Å². The normalized spacial score (nSPS) is 18.0. The lowest BCUT2D eigenvalue weighted by Gasteiger charge is -2.33. The van der Waals surface area contributed by atoms with Gasteiger partial charge in [0.05, 0.1) is 19.6 Å². The van der Waals surface area contributed by atoms with Crippen molar-refractivity contribution in [2.45, 2.75) is 12.5 Å². The fourth-order valence-electron chi connectivity index (χ4n) is 2.64. The molecule has 0 aromatic heterocycles. The summed E-state index contributed by atoms with van der Waals surface area (Å²) in [5, 5.41) is 0. The van der Waals surface area contributed by atoms with Gasteiger partial charge in [-0.1, -0.05) is 40.2 Å². The second-order valence-corrected chi connectivity index (χ2v) is 6.47. The first-order valence-electron chi connectivity index (χ1n) is 7.51. The van der Waals surface area contributed by atoms with Crippen molar-refractivity contribution in [3.63, 3.8) is 0 Å². The van der Waals surface area contributed by atoms with Gasteiger partial charge in [0.1, 0.15) is 11.9 Å². The van der Waals surface area contributed by atoms with E-state index in [1.54, 1.807) is 12.1 Å². The predicted octanol–water partition coefficient (Wildman–Crippen LogP) is 3.73. The lowest BCUT2D eigenvalue weighted by molar-refractivity contribution is -0.138. The first kappa shape index (κ1) is 16.1. The number of ether oxygens (including phenoxy) is 1. The number of morpholine rings is 1. The largest absolute Gasteiger partial charge is 0.370 e. The van der Waals surface area contributed by atoms with Crippen molar-refractivity contribution in [2.75, 3.05) is 19.7 Å². The van der Waals surface area contributed by atoms with E-state index in [0.717, 1.165) is 15.6 Å². The van der Waals surface area contributed by atoms with E-state index in [9.17, 15) is 9.18 Å². The third-order valence-electron chi connectivity index (χ3n) is 3.93.